The molecule has 3 heteroatoms. The number of hydrogen-bond donors (Lipinski definition) is 1. The molecule has 0 aliphatic carbocycles. The quantitative estimate of drug-likeness (QED) is 0.619. The lowest BCUT2D eigenvalue weighted by atomic mass is 10.1. The molecule has 106 valence electrons. The topological polar surface area (TPSA) is 21.3 Å². The molecule has 0 aliphatic rings. The molecule has 0 saturated heterocycles. The summed E-state index contributed by atoms with van der Waals surface area (Å²) in [6.07, 6.45) is 3.08. The molecule has 0 aromatic heterocycles. The first-order valence-electron chi connectivity index (χ1n) is 6.79. The monoisotopic (exact) mass is 287 g/mol. The van der Waals surface area contributed by atoms with Crippen molar-refractivity contribution < 1.29 is 4.74 Å². The van der Waals surface area contributed by atoms with Gasteiger partial charge in [-0.1, -0.05) is 30.3 Å². The Morgan fingerprint density at radius 3 is 2.50 bits per heavy atom. The summed E-state index contributed by atoms with van der Waals surface area (Å²) in [4.78, 5) is 1.31. The van der Waals surface area contributed by atoms with Crippen LogP contribution in [0.25, 0.3) is 0 Å². The van der Waals surface area contributed by atoms with Gasteiger partial charge in [-0.15, -0.1) is 11.8 Å². The second-order valence-electron chi connectivity index (χ2n) is 4.59. The molecule has 2 nitrogen and oxygen atoms in total. The Bertz CT molecular complexity index is 525. The molecule has 0 fully saturated rings. The molecule has 0 unspecified atom stereocenters. The number of thioether (sulfide) groups is 1. The highest BCUT2D eigenvalue weighted by atomic mass is 32.2. The van der Waals surface area contributed by atoms with Crippen molar-refractivity contribution in [1.82, 2.24) is 5.32 Å². The second-order valence-corrected chi connectivity index (χ2v) is 5.47. The minimum atomic E-state index is 0.907. The van der Waals surface area contributed by atoms with Crippen LogP contribution in [0.3, 0.4) is 0 Å². The highest BCUT2D eigenvalue weighted by Crippen LogP contribution is 2.17. The van der Waals surface area contributed by atoms with Crippen LogP contribution in [0, 0.1) is 0 Å². The van der Waals surface area contributed by atoms with Crippen molar-refractivity contribution in [2.24, 2.45) is 0 Å². The highest BCUT2D eigenvalue weighted by molar-refractivity contribution is 7.98. The van der Waals surface area contributed by atoms with E-state index in [-0.39, 0.29) is 0 Å². The van der Waals surface area contributed by atoms with Crippen LogP contribution in [0.2, 0.25) is 0 Å². The fourth-order valence-electron chi connectivity index (χ4n) is 2.11. The lowest BCUT2D eigenvalue weighted by Crippen LogP contribution is -2.16. The molecule has 0 saturated carbocycles. The van der Waals surface area contributed by atoms with Crippen LogP contribution >= 0.6 is 11.8 Å². The smallest absolute Gasteiger partial charge is 0.122 e. The highest BCUT2D eigenvalue weighted by Gasteiger charge is 2.01. The average Bonchev–Trinajstić information content (AvgIpc) is 2.52. The van der Waals surface area contributed by atoms with E-state index in [1.165, 1.54) is 16.0 Å². The van der Waals surface area contributed by atoms with Crippen LogP contribution in [0.15, 0.2) is 53.4 Å². The summed E-state index contributed by atoms with van der Waals surface area (Å²) < 4.78 is 5.36. The number of benzene rings is 2. The van der Waals surface area contributed by atoms with E-state index in [2.05, 4.69) is 48.0 Å². The SMILES string of the molecule is COc1ccccc1CCNCc1ccc(SC)cc1. The zero-order valence-electron chi connectivity index (χ0n) is 12.1. The van der Waals surface area contributed by atoms with Crippen molar-refractivity contribution >= 4 is 11.8 Å². The largest absolute Gasteiger partial charge is 0.496 e. The zero-order valence-corrected chi connectivity index (χ0v) is 12.9. The summed E-state index contributed by atoms with van der Waals surface area (Å²) in [6.45, 7) is 1.86. The zero-order chi connectivity index (χ0) is 14.2. The normalized spacial score (nSPS) is 10.5. The van der Waals surface area contributed by atoms with Crippen molar-refractivity contribution in [3.63, 3.8) is 0 Å². The first kappa shape index (κ1) is 14.9. The lowest BCUT2D eigenvalue weighted by Gasteiger charge is -2.09. The fourth-order valence-corrected chi connectivity index (χ4v) is 2.52. The molecule has 2 aromatic carbocycles. The van der Waals surface area contributed by atoms with Crippen LogP contribution in [-0.4, -0.2) is 19.9 Å². The Balaban J connectivity index is 1.78. The number of para-hydroxylation sites is 1. The standard InChI is InChI=1S/C17H21NOS/c1-19-17-6-4-3-5-15(17)11-12-18-13-14-7-9-16(20-2)10-8-14/h3-10,18H,11-13H2,1-2H3. The molecule has 1 N–H and O–H groups in total. The Morgan fingerprint density at radius 2 is 1.80 bits per heavy atom. The average molecular weight is 287 g/mol. The summed E-state index contributed by atoms with van der Waals surface area (Å²) in [5.41, 5.74) is 2.57. The van der Waals surface area contributed by atoms with Gasteiger partial charge in [0.2, 0.25) is 0 Å². The van der Waals surface area contributed by atoms with Gasteiger partial charge in [0.1, 0.15) is 5.75 Å². The predicted molar refractivity (Wildman–Crippen MR) is 86.6 cm³/mol. The van der Waals surface area contributed by atoms with Gasteiger partial charge in [-0.25, -0.2) is 0 Å². The Labute approximate surface area is 125 Å². The Hall–Kier alpha value is -1.45. The number of hydrogen-bond acceptors (Lipinski definition) is 3. The van der Waals surface area contributed by atoms with Crippen molar-refractivity contribution in [1.29, 1.82) is 0 Å². The maximum Gasteiger partial charge on any atom is 0.122 e. The van der Waals surface area contributed by atoms with Crippen LogP contribution in [-0.2, 0) is 13.0 Å². The molecule has 0 heterocycles. The van der Waals surface area contributed by atoms with Gasteiger partial charge in [-0.05, 0) is 48.5 Å². The van der Waals surface area contributed by atoms with E-state index in [9.17, 15) is 0 Å². The van der Waals surface area contributed by atoms with Gasteiger partial charge in [0.15, 0.2) is 0 Å². The first-order chi connectivity index (χ1) is 9.83. The summed E-state index contributed by atoms with van der Waals surface area (Å²) in [7, 11) is 1.72. The molecular weight excluding hydrogens is 266 g/mol. The minimum Gasteiger partial charge on any atom is -0.496 e. The fraction of sp³-hybridized carbons (Fsp3) is 0.294. The van der Waals surface area contributed by atoms with Crippen LogP contribution in [0.1, 0.15) is 11.1 Å². The molecule has 0 radical (unpaired) electrons. The summed E-state index contributed by atoms with van der Waals surface area (Å²) in [6, 6.07) is 16.9. The number of ether oxygens (including phenoxy) is 1. The summed E-state index contributed by atoms with van der Waals surface area (Å²) >= 11 is 1.77. The van der Waals surface area contributed by atoms with E-state index in [4.69, 9.17) is 4.74 Å². The van der Waals surface area contributed by atoms with Gasteiger partial charge in [0.05, 0.1) is 7.11 Å². The first-order valence-corrected chi connectivity index (χ1v) is 8.01. The predicted octanol–water partition coefficient (Wildman–Crippen LogP) is 3.75. The maximum atomic E-state index is 5.36. The van der Waals surface area contributed by atoms with Crippen LogP contribution in [0.4, 0.5) is 0 Å². The van der Waals surface area contributed by atoms with Crippen molar-refractivity contribution in [3.05, 3.63) is 59.7 Å². The van der Waals surface area contributed by atoms with Gasteiger partial charge in [-0.3, -0.25) is 0 Å². The van der Waals surface area contributed by atoms with E-state index < -0.39 is 0 Å². The molecule has 0 amide bonds. The van der Waals surface area contributed by atoms with Crippen molar-refractivity contribution in [2.45, 2.75) is 17.9 Å². The van der Waals surface area contributed by atoms with Crippen LogP contribution < -0.4 is 10.1 Å². The molecular formula is C17H21NOS. The molecule has 0 bridgehead atoms. The lowest BCUT2D eigenvalue weighted by molar-refractivity contribution is 0.409. The maximum absolute atomic E-state index is 5.36. The van der Waals surface area contributed by atoms with Crippen molar-refractivity contribution in [2.75, 3.05) is 19.9 Å². The Kier molecular flexibility index (Phi) is 5.96. The number of rotatable bonds is 7. The second kappa shape index (κ2) is 7.98. The van der Waals surface area contributed by atoms with Gasteiger partial charge in [-0.2, -0.15) is 0 Å². The summed E-state index contributed by atoms with van der Waals surface area (Å²) in [5, 5.41) is 3.48. The van der Waals surface area contributed by atoms with E-state index in [1.807, 2.05) is 12.1 Å². The van der Waals surface area contributed by atoms with Gasteiger partial charge in [0, 0.05) is 11.4 Å². The van der Waals surface area contributed by atoms with Crippen LogP contribution in [0.5, 0.6) is 5.75 Å². The Morgan fingerprint density at radius 1 is 1.05 bits per heavy atom. The third kappa shape index (κ3) is 4.29. The molecule has 0 aliphatic heterocycles. The molecule has 20 heavy (non-hydrogen) atoms. The van der Waals surface area contributed by atoms with E-state index in [0.717, 1.165) is 25.3 Å². The van der Waals surface area contributed by atoms with Gasteiger partial charge in [0.25, 0.3) is 0 Å². The third-order valence-electron chi connectivity index (χ3n) is 3.25. The van der Waals surface area contributed by atoms with Crippen molar-refractivity contribution in [3.8, 4) is 5.75 Å². The molecule has 0 spiro atoms. The summed E-state index contributed by atoms with van der Waals surface area (Å²) in [5.74, 6) is 0.971. The third-order valence-corrected chi connectivity index (χ3v) is 4.00. The van der Waals surface area contributed by atoms with Gasteiger partial charge >= 0.3 is 0 Å². The van der Waals surface area contributed by atoms with E-state index in [1.54, 1.807) is 18.9 Å². The number of methoxy groups -OCH3 is 1. The molecule has 2 aromatic rings. The number of nitrogens with one attached hydrogen (secondary N) is 1. The minimum absolute atomic E-state index is 0.907. The van der Waals surface area contributed by atoms with E-state index >= 15 is 0 Å². The van der Waals surface area contributed by atoms with E-state index in [0.29, 0.717) is 0 Å². The van der Waals surface area contributed by atoms with Gasteiger partial charge < -0.3 is 10.1 Å². The molecule has 2 rings (SSSR count). The molecule has 0 atom stereocenters.